The van der Waals surface area contributed by atoms with E-state index < -0.39 is 35.6 Å². The minimum Gasteiger partial charge on any atom is -0.512 e. The number of aliphatic hydroxyl groups is 1. The van der Waals surface area contributed by atoms with Crippen molar-refractivity contribution in [3.05, 3.63) is 71.7 Å². The molecular formula is C20H26F4N4O2. The highest BCUT2D eigenvalue weighted by atomic mass is 19.4. The standard InChI is InChI=1S/C20H26F4N4O2/c1-6-19(30)27-10-15(20(22,23)24)9-16(12(3)25)13(4)28-17(7-8-18(21)26)11(2)14(5)29/h6-11,13,28-29H,1,5,25-26H2,2-4H3/b15-9+,16-12-,17-7+,18-8-,27-10?. The van der Waals surface area contributed by atoms with Crippen LogP contribution in [0.3, 0.4) is 0 Å². The van der Waals surface area contributed by atoms with Crippen molar-refractivity contribution in [2.45, 2.75) is 33.0 Å². The SMILES string of the molecule is C=CC(=O)N=C/C(=C\C(=C(/C)N)C(C)N/C(=C/C=C(\N)F)C(C)C(=C)O)C(F)(F)F. The van der Waals surface area contributed by atoms with Gasteiger partial charge in [-0.1, -0.05) is 13.2 Å². The predicted octanol–water partition coefficient (Wildman–Crippen LogP) is 3.83. The van der Waals surface area contributed by atoms with Gasteiger partial charge in [0.05, 0.1) is 17.3 Å². The van der Waals surface area contributed by atoms with Crippen LogP contribution in [0.5, 0.6) is 0 Å². The Balaban J connectivity index is 6.19. The number of nitrogens with two attached hydrogens (primary N) is 2. The van der Waals surface area contributed by atoms with Gasteiger partial charge in [0.15, 0.2) is 5.95 Å². The Morgan fingerprint density at radius 3 is 2.20 bits per heavy atom. The Morgan fingerprint density at radius 2 is 1.80 bits per heavy atom. The smallest absolute Gasteiger partial charge is 0.417 e. The van der Waals surface area contributed by atoms with Gasteiger partial charge >= 0.3 is 6.18 Å². The van der Waals surface area contributed by atoms with Crippen LogP contribution in [0.4, 0.5) is 17.6 Å². The lowest BCUT2D eigenvalue weighted by Crippen LogP contribution is -2.32. The highest BCUT2D eigenvalue weighted by molar-refractivity contribution is 5.97. The van der Waals surface area contributed by atoms with Crippen LogP contribution in [0.1, 0.15) is 20.8 Å². The first-order valence-corrected chi connectivity index (χ1v) is 8.63. The Labute approximate surface area is 172 Å². The number of rotatable bonds is 9. The van der Waals surface area contributed by atoms with E-state index in [2.05, 4.69) is 23.5 Å². The van der Waals surface area contributed by atoms with Crippen molar-refractivity contribution < 1.29 is 27.5 Å². The fourth-order valence-electron chi connectivity index (χ4n) is 2.12. The van der Waals surface area contributed by atoms with Crippen molar-refractivity contribution in [3.63, 3.8) is 0 Å². The number of hydrogen-bond donors (Lipinski definition) is 4. The third kappa shape index (κ3) is 9.26. The molecule has 0 aromatic carbocycles. The molecule has 6 N–H and O–H groups in total. The lowest BCUT2D eigenvalue weighted by Gasteiger charge is -2.24. The number of halogens is 4. The number of nitrogens with zero attached hydrogens (tertiary/aromatic N) is 1. The lowest BCUT2D eigenvalue weighted by molar-refractivity contribution is -0.113. The van der Waals surface area contributed by atoms with Gasteiger partial charge in [-0.15, -0.1) is 0 Å². The number of carbonyl (C=O) groups is 1. The molecule has 0 aromatic rings. The van der Waals surface area contributed by atoms with Crippen LogP contribution in [-0.2, 0) is 4.79 Å². The molecule has 0 saturated heterocycles. The summed E-state index contributed by atoms with van der Waals surface area (Å²) in [6.45, 7) is 11.0. The molecule has 0 rings (SSSR count). The van der Waals surface area contributed by atoms with Gasteiger partial charge in [0.2, 0.25) is 0 Å². The van der Waals surface area contributed by atoms with E-state index in [-0.39, 0.29) is 22.7 Å². The van der Waals surface area contributed by atoms with E-state index in [0.717, 1.165) is 18.2 Å². The van der Waals surface area contributed by atoms with E-state index in [4.69, 9.17) is 11.5 Å². The van der Waals surface area contributed by atoms with Gasteiger partial charge in [-0.25, -0.2) is 4.99 Å². The van der Waals surface area contributed by atoms with Crippen LogP contribution >= 0.6 is 0 Å². The molecule has 0 spiro atoms. The summed E-state index contributed by atoms with van der Waals surface area (Å²) in [6.07, 6.45) is -0.798. The molecule has 2 atom stereocenters. The fraction of sp³-hybridized carbons (Fsp3) is 0.300. The maximum Gasteiger partial charge on any atom is 0.417 e. The topological polar surface area (TPSA) is 114 Å². The first-order valence-electron chi connectivity index (χ1n) is 8.63. The lowest BCUT2D eigenvalue weighted by atomic mass is 10.00. The second kappa shape index (κ2) is 11.6. The third-order valence-electron chi connectivity index (χ3n) is 3.84. The molecule has 0 aliphatic heterocycles. The summed E-state index contributed by atoms with van der Waals surface area (Å²) in [7, 11) is 0. The first kappa shape index (κ1) is 26.7. The summed E-state index contributed by atoms with van der Waals surface area (Å²) in [6, 6.07) is -0.821. The minimum atomic E-state index is -4.82. The quantitative estimate of drug-likeness (QED) is 0.111. The number of aliphatic imine (C=N–C) groups is 1. The van der Waals surface area contributed by atoms with Crippen molar-refractivity contribution in [3.8, 4) is 0 Å². The van der Waals surface area contributed by atoms with E-state index in [9.17, 15) is 27.5 Å². The Morgan fingerprint density at radius 1 is 1.23 bits per heavy atom. The Kier molecular flexibility index (Phi) is 10.4. The van der Waals surface area contributed by atoms with Gasteiger partial charge in [-0.05, 0) is 50.6 Å². The summed E-state index contributed by atoms with van der Waals surface area (Å²) in [5, 5.41) is 12.5. The van der Waals surface area contributed by atoms with E-state index >= 15 is 0 Å². The minimum absolute atomic E-state index is 0.0266. The normalized spacial score (nSPS) is 16.7. The van der Waals surface area contributed by atoms with Crippen LogP contribution in [0.2, 0.25) is 0 Å². The highest BCUT2D eigenvalue weighted by Crippen LogP contribution is 2.27. The second-order valence-corrected chi connectivity index (χ2v) is 6.29. The first-order chi connectivity index (χ1) is 13.7. The molecule has 0 heterocycles. The maximum atomic E-state index is 13.4. The zero-order valence-electron chi connectivity index (χ0n) is 16.9. The molecule has 0 aliphatic rings. The van der Waals surface area contributed by atoms with Gasteiger partial charge in [0.25, 0.3) is 5.91 Å². The summed E-state index contributed by atoms with van der Waals surface area (Å²) in [4.78, 5) is 14.3. The van der Waals surface area contributed by atoms with Crippen LogP contribution in [0, 0.1) is 5.92 Å². The number of allylic oxidation sites excluding steroid dienone is 4. The Hall–Kier alpha value is -3.30. The summed E-state index contributed by atoms with van der Waals surface area (Å²) in [5.41, 5.74) is 9.82. The zero-order chi connectivity index (χ0) is 23.6. The molecule has 0 bridgehead atoms. The molecule has 10 heteroatoms. The number of nitrogens with one attached hydrogen (secondary N) is 1. The molecule has 166 valence electrons. The third-order valence-corrected chi connectivity index (χ3v) is 3.84. The summed E-state index contributed by atoms with van der Waals surface area (Å²) >= 11 is 0. The number of hydrogen-bond acceptors (Lipinski definition) is 5. The highest BCUT2D eigenvalue weighted by Gasteiger charge is 2.33. The molecule has 0 fully saturated rings. The molecule has 30 heavy (non-hydrogen) atoms. The van der Waals surface area contributed by atoms with Crippen molar-refractivity contribution in [2.75, 3.05) is 0 Å². The average molecular weight is 430 g/mol. The summed E-state index contributed by atoms with van der Waals surface area (Å²) in [5.74, 6) is -2.92. The van der Waals surface area contributed by atoms with Crippen molar-refractivity contribution in [1.29, 1.82) is 0 Å². The van der Waals surface area contributed by atoms with Crippen LogP contribution < -0.4 is 16.8 Å². The second-order valence-electron chi connectivity index (χ2n) is 6.29. The largest absolute Gasteiger partial charge is 0.512 e. The van der Waals surface area contributed by atoms with Gasteiger partial charge in [0.1, 0.15) is 0 Å². The van der Waals surface area contributed by atoms with Crippen LogP contribution in [0.25, 0.3) is 0 Å². The van der Waals surface area contributed by atoms with Crippen molar-refractivity contribution >= 4 is 12.1 Å². The fourth-order valence-corrected chi connectivity index (χ4v) is 2.12. The van der Waals surface area contributed by atoms with Gasteiger partial charge in [0, 0.05) is 23.7 Å². The van der Waals surface area contributed by atoms with Crippen LogP contribution in [-0.4, -0.2) is 29.4 Å². The van der Waals surface area contributed by atoms with Crippen molar-refractivity contribution in [2.24, 2.45) is 22.4 Å². The van der Waals surface area contributed by atoms with Gasteiger partial charge in [-0.2, -0.15) is 17.6 Å². The van der Waals surface area contributed by atoms with E-state index in [0.29, 0.717) is 6.21 Å². The zero-order valence-corrected chi connectivity index (χ0v) is 16.9. The van der Waals surface area contributed by atoms with Crippen molar-refractivity contribution in [1.82, 2.24) is 5.32 Å². The van der Waals surface area contributed by atoms with E-state index in [1.165, 1.54) is 19.9 Å². The van der Waals surface area contributed by atoms with Crippen LogP contribution in [0.15, 0.2) is 76.7 Å². The predicted molar refractivity (Wildman–Crippen MR) is 110 cm³/mol. The van der Waals surface area contributed by atoms with Gasteiger partial charge in [-0.3, -0.25) is 4.79 Å². The molecule has 1 amide bonds. The maximum absolute atomic E-state index is 13.4. The molecule has 0 aliphatic carbocycles. The number of amides is 1. The number of alkyl halides is 3. The summed E-state index contributed by atoms with van der Waals surface area (Å²) < 4.78 is 53.0. The Bertz CT molecular complexity index is 813. The molecule has 0 aromatic heterocycles. The van der Waals surface area contributed by atoms with E-state index in [1.807, 2.05) is 0 Å². The number of carbonyl (C=O) groups excluding carboxylic acids is 1. The van der Waals surface area contributed by atoms with Gasteiger partial charge < -0.3 is 21.9 Å². The molecule has 0 radical (unpaired) electrons. The van der Waals surface area contributed by atoms with E-state index in [1.54, 1.807) is 6.92 Å². The molecule has 2 unspecified atom stereocenters. The molecular weight excluding hydrogens is 404 g/mol. The molecule has 6 nitrogen and oxygen atoms in total. The monoisotopic (exact) mass is 430 g/mol. The average Bonchev–Trinajstić information content (AvgIpc) is 2.62. The number of aliphatic hydroxyl groups excluding tert-OH is 1. The molecule has 0 saturated carbocycles.